The Bertz CT molecular complexity index is 377. The molecule has 5 heteroatoms. The minimum Gasteiger partial charge on any atom is -0.388 e. The first-order chi connectivity index (χ1) is 6.76. The van der Waals surface area contributed by atoms with Crippen LogP contribution in [0.25, 0.3) is 0 Å². The van der Waals surface area contributed by atoms with Crippen LogP contribution < -0.4 is 16.4 Å². The fourth-order valence-electron chi connectivity index (χ4n) is 0.955. The number of aliphatic imine (C=N–C) groups is 1. The molecule has 0 saturated heterocycles. The topological polar surface area (TPSA) is 86.2 Å². The van der Waals surface area contributed by atoms with E-state index in [0.29, 0.717) is 5.69 Å². The zero-order valence-corrected chi connectivity index (χ0v) is 7.78. The van der Waals surface area contributed by atoms with Gasteiger partial charge >= 0.3 is 0 Å². The average molecular weight is 189 g/mol. The summed E-state index contributed by atoms with van der Waals surface area (Å²) in [4.78, 5) is 3.98. The number of rotatable bonds is 2. The number of guanidine groups is 1. The Morgan fingerprint density at radius 2 is 2.36 bits per heavy atom. The van der Waals surface area contributed by atoms with Crippen molar-refractivity contribution in [1.29, 1.82) is 5.26 Å². The van der Waals surface area contributed by atoms with Crippen molar-refractivity contribution < 1.29 is 0 Å². The van der Waals surface area contributed by atoms with Crippen LogP contribution in [0.4, 0.5) is 11.4 Å². The van der Waals surface area contributed by atoms with Gasteiger partial charge in [-0.1, -0.05) is 6.07 Å². The number of nitriles is 1. The molecule has 14 heavy (non-hydrogen) atoms. The van der Waals surface area contributed by atoms with Crippen LogP contribution >= 0.6 is 0 Å². The van der Waals surface area contributed by atoms with Crippen molar-refractivity contribution in [3.05, 3.63) is 24.3 Å². The normalized spacial score (nSPS) is 10.4. The van der Waals surface area contributed by atoms with Crippen molar-refractivity contribution >= 4 is 17.3 Å². The van der Waals surface area contributed by atoms with Crippen LogP contribution in [0.5, 0.6) is 0 Å². The molecule has 72 valence electrons. The van der Waals surface area contributed by atoms with E-state index in [2.05, 4.69) is 15.6 Å². The number of hydrogen-bond acceptors (Lipinski definition) is 3. The van der Waals surface area contributed by atoms with E-state index < -0.39 is 0 Å². The maximum absolute atomic E-state index is 8.28. The van der Waals surface area contributed by atoms with Gasteiger partial charge in [-0.25, -0.2) is 4.99 Å². The van der Waals surface area contributed by atoms with E-state index in [1.54, 1.807) is 12.3 Å². The first kappa shape index (κ1) is 9.86. The SMILES string of the molecule is CNc1cccc(N=C(N)NC#N)c1. The van der Waals surface area contributed by atoms with Gasteiger partial charge in [0.2, 0.25) is 5.96 Å². The maximum Gasteiger partial charge on any atom is 0.207 e. The molecule has 0 aliphatic carbocycles. The smallest absolute Gasteiger partial charge is 0.207 e. The van der Waals surface area contributed by atoms with Crippen LogP contribution in [-0.2, 0) is 0 Å². The largest absolute Gasteiger partial charge is 0.388 e. The van der Waals surface area contributed by atoms with E-state index in [1.807, 2.05) is 25.2 Å². The Morgan fingerprint density at radius 1 is 1.57 bits per heavy atom. The first-order valence-corrected chi connectivity index (χ1v) is 4.03. The molecule has 1 aromatic rings. The standard InChI is InChI=1S/C9H11N5/c1-12-7-3-2-4-8(5-7)14-9(11)13-6-10/h2-5,12H,1H3,(H3,11,13,14). The average Bonchev–Trinajstić information content (AvgIpc) is 2.18. The number of nitrogens with one attached hydrogen (secondary N) is 2. The minimum atomic E-state index is 0.0840. The summed E-state index contributed by atoms with van der Waals surface area (Å²) in [6.45, 7) is 0. The number of benzene rings is 1. The molecule has 0 fully saturated rings. The highest BCUT2D eigenvalue weighted by atomic mass is 15.1. The highest BCUT2D eigenvalue weighted by Gasteiger charge is 1.93. The van der Waals surface area contributed by atoms with Crippen molar-refractivity contribution in [2.24, 2.45) is 10.7 Å². The van der Waals surface area contributed by atoms with Gasteiger partial charge in [0, 0.05) is 12.7 Å². The molecule has 0 aromatic heterocycles. The van der Waals surface area contributed by atoms with Gasteiger partial charge < -0.3 is 11.1 Å². The van der Waals surface area contributed by atoms with Crippen molar-refractivity contribution in [3.8, 4) is 6.19 Å². The molecule has 0 atom stereocenters. The molecule has 0 spiro atoms. The van der Waals surface area contributed by atoms with Gasteiger partial charge in [0.1, 0.15) is 0 Å². The van der Waals surface area contributed by atoms with Crippen molar-refractivity contribution in [3.63, 3.8) is 0 Å². The highest BCUT2D eigenvalue weighted by Crippen LogP contribution is 2.16. The van der Waals surface area contributed by atoms with E-state index in [-0.39, 0.29) is 5.96 Å². The van der Waals surface area contributed by atoms with Gasteiger partial charge in [0.25, 0.3) is 0 Å². The summed E-state index contributed by atoms with van der Waals surface area (Å²) < 4.78 is 0. The molecule has 0 aliphatic heterocycles. The minimum absolute atomic E-state index is 0.0840. The molecule has 0 radical (unpaired) electrons. The van der Waals surface area contributed by atoms with Gasteiger partial charge in [0.05, 0.1) is 5.69 Å². The Hall–Kier alpha value is -2.22. The third kappa shape index (κ3) is 2.68. The van der Waals surface area contributed by atoms with Gasteiger partial charge in [-0.05, 0) is 18.2 Å². The predicted molar refractivity (Wildman–Crippen MR) is 56.0 cm³/mol. The van der Waals surface area contributed by atoms with Gasteiger partial charge in [0.15, 0.2) is 6.19 Å². The maximum atomic E-state index is 8.28. The predicted octanol–water partition coefficient (Wildman–Crippen LogP) is 0.745. The lowest BCUT2D eigenvalue weighted by Gasteiger charge is -2.01. The molecule has 1 aromatic carbocycles. The molecule has 4 N–H and O–H groups in total. The molecule has 5 nitrogen and oxygen atoms in total. The summed E-state index contributed by atoms with van der Waals surface area (Å²) in [5.74, 6) is 0.0840. The second kappa shape index (κ2) is 4.72. The lowest BCUT2D eigenvalue weighted by molar-refractivity contribution is 1.22. The number of anilines is 1. The second-order valence-corrected chi connectivity index (χ2v) is 2.53. The zero-order chi connectivity index (χ0) is 10.4. The summed E-state index contributed by atoms with van der Waals surface area (Å²) in [6.07, 6.45) is 1.69. The zero-order valence-electron chi connectivity index (χ0n) is 7.78. The second-order valence-electron chi connectivity index (χ2n) is 2.53. The van der Waals surface area contributed by atoms with Crippen LogP contribution in [0, 0.1) is 11.5 Å². The Morgan fingerprint density at radius 3 is 3.00 bits per heavy atom. The van der Waals surface area contributed by atoms with Crippen LogP contribution in [0.15, 0.2) is 29.3 Å². The number of nitrogens with zero attached hydrogens (tertiary/aromatic N) is 2. The van der Waals surface area contributed by atoms with Crippen LogP contribution in [0.2, 0.25) is 0 Å². The van der Waals surface area contributed by atoms with E-state index in [9.17, 15) is 0 Å². The van der Waals surface area contributed by atoms with E-state index >= 15 is 0 Å². The third-order valence-electron chi connectivity index (χ3n) is 1.57. The Balaban J connectivity index is 2.86. The summed E-state index contributed by atoms with van der Waals surface area (Å²) in [7, 11) is 1.82. The number of hydrogen-bond donors (Lipinski definition) is 3. The van der Waals surface area contributed by atoms with Crippen molar-refractivity contribution in [1.82, 2.24) is 5.32 Å². The van der Waals surface area contributed by atoms with Crippen LogP contribution in [0.1, 0.15) is 0 Å². The Kier molecular flexibility index (Phi) is 3.33. The van der Waals surface area contributed by atoms with Crippen LogP contribution in [0.3, 0.4) is 0 Å². The lowest BCUT2D eigenvalue weighted by atomic mass is 10.3. The third-order valence-corrected chi connectivity index (χ3v) is 1.57. The van der Waals surface area contributed by atoms with E-state index in [1.165, 1.54) is 0 Å². The Labute approximate surface area is 82.3 Å². The molecule has 0 unspecified atom stereocenters. The lowest BCUT2D eigenvalue weighted by Crippen LogP contribution is -2.26. The number of nitrogens with two attached hydrogens (primary N) is 1. The quantitative estimate of drug-likeness (QED) is 0.277. The molecule has 0 saturated carbocycles. The van der Waals surface area contributed by atoms with Crippen molar-refractivity contribution in [2.75, 3.05) is 12.4 Å². The highest BCUT2D eigenvalue weighted by molar-refractivity contribution is 5.82. The summed E-state index contributed by atoms with van der Waals surface area (Å²) in [5, 5.41) is 13.5. The van der Waals surface area contributed by atoms with E-state index in [0.717, 1.165) is 5.69 Å². The molecule has 0 aliphatic rings. The molecule has 1 rings (SSSR count). The van der Waals surface area contributed by atoms with E-state index in [4.69, 9.17) is 11.0 Å². The molecule has 0 amide bonds. The van der Waals surface area contributed by atoms with Gasteiger partial charge in [-0.15, -0.1) is 0 Å². The molecule has 0 heterocycles. The fourth-order valence-corrected chi connectivity index (χ4v) is 0.955. The molecular formula is C9H11N5. The van der Waals surface area contributed by atoms with Gasteiger partial charge in [-0.2, -0.15) is 5.26 Å². The molecule has 0 bridgehead atoms. The summed E-state index contributed by atoms with van der Waals surface area (Å²) >= 11 is 0. The summed E-state index contributed by atoms with van der Waals surface area (Å²) in [6, 6.07) is 7.38. The monoisotopic (exact) mass is 189 g/mol. The fraction of sp³-hybridized carbons (Fsp3) is 0.111. The van der Waals surface area contributed by atoms with Crippen LogP contribution in [-0.4, -0.2) is 13.0 Å². The first-order valence-electron chi connectivity index (χ1n) is 4.03. The van der Waals surface area contributed by atoms with Gasteiger partial charge in [-0.3, -0.25) is 5.32 Å². The molecular weight excluding hydrogens is 178 g/mol. The summed E-state index contributed by atoms with van der Waals surface area (Å²) in [5.41, 5.74) is 7.04. The van der Waals surface area contributed by atoms with Crippen molar-refractivity contribution in [2.45, 2.75) is 0 Å².